The van der Waals surface area contributed by atoms with Crippen molar-refractivity contribution in [3.05, 3.63) is 63.9 Å². The van der Waals surface area contributed by atoms with Gasteiger partial charge in [-0.25, -0.2) is 17.5 Å². The highest BCUT2D eigenvalue weighted by molar-refractivity contribution is 7.91. The number of benzene rings is 2. The first-order chi connectivity index (χ1) is 16.3. The number of amides is 1. The number of hydrogen-bond acceptors (Lipinski definition) is 5. The molecule has 0 radical (unpaired) electrons. The van der Waals surface area contributed by atoms with Gasteiger partial charge in [-0.15, -0.1) is 0 Å². The fourth-order valence-electron chi connectivity index (χ4n) is 4.53. The summed E-state index contributed by atoms with van der Waals surface area (Å²) in [5, 5.41) is 0.159. The van der Waals surface area contributed by atoms with Crippen LogP contribution < -0.4 is 9.46 Å². The lowest BCUT2D eigenvalue weighted by molar-refractivity contribution is 0.0832. The zero-order valence-corrected chi connectivity index (χ0v) is 20.4. The van der Waals surface area contributed by atoms with Crippen molar-refractivity contribution in [1.29, 1.82) is 0 Å². The molecule has 6 nitrogen and oxygen atoms in total. The highest BCUT2D eigenvalue weighted by Crippen LogP contribution is 2.45. The molecule has 1 saturated heterocycles. The Morgan fingerprint density at radius 3 is 2.65 bits per heavy atom. The number of piperidine rings is 1. The van der Waals surface area contributed by atoms with Gasteiger partial charge in [0.15, 0.2) is 0 Å². The second-order valence-electron chi connectivity index (χ2n) is 9.57. The molecule has 2 aromatic rings. The summed E-state index contributed by atoms with van der Waals surface area (Å²) in [4.78, 5) is 14.9. The Hall–Kier alpha value is -2.16. The summed E-state index contributed by atoms with van der Waals surface area (Å²) < 4.78 is 47.5. The Kier molecular flexibility index (Phi) is 6.57. The summed E-state index contributed by atoms with van der Waals surface area (Å²) >= 11 is 6.11. The van der Waals surface area contributed by atoms with Crippen molar-refractivity contribution in [2.24, 2.45) is 0 Å². The lowest BCUT2D eigenvalue weighted by atomic mass is 10.0. The van der Waals surface area contributed by atoms with Crippen LogP contribution in [0, 0.1) is 5.82 Å². The molecule has 1 aliphatic heterocycles. The Labute approximate surface area is 204 Å². The lowest BCUT2D eigenvalue weighted by Gasteiger charge is -2.33. The van der Waals surface area contributed by atoms with Gasteiger partial charge in [-0.05, 0) is 80.3 Å². The van der Waals surface area contributed by atoms with Crippen molar-refractivity contribution in [3.8, 4) is 5.75 Å². The van der Waals surface area contributed by atoms with Gasteiger partial charge in [0.2, 0.25) is 10.0 Å². The van der Waals surface area contributed by atoms with Gasteiger partial charge in [0.1, 0.15) is 17.7 Å². The van der Waals surface area contributed by atoms with Crippen molar-refractivity contribution >= 4 is 27.5 Å². The molecule has 1 unspecified atom stereocenters. The highest BCUT2D eigenvalue weighted by Gasteiger charge is 2.38. The molecule has 1 amide bonds. The van der Waals surface area contributed by atoms with Crippen molar-refractivity contribution in [2.45, 2.75) is 62.3 Å². The lowest BCUT2D eigenvalue weighted by Crippen LogP contribution is -2.40. The summed E-state index contributed by atoms with van der Waals surface area (Å²) in [6.07, 6.45) is 4.66. The van der Waals surface area contributed by atoms with Crippen LogP contribution in [0.2, 0.25) is 5.02 Å². The molecular weight excluding hydrogens is 479 g/mol. The molecule has 34 heavy (non-hydrogen) atoms. The molecule has 182 valence electrons. The van der Waals surface area contributed by atoms with Crippen LogP contribution in [-0.4, -0.2) is 43.7 Å². The summed E-state index contributed by atoms with van der Waals surface area (Å²) in [6.45, 7) is 2.42. The maximum Gasteiger partial charge on any atom is 0.267 e. The zero-order chi connectivity index (χ0) is 23.9. The number of rotatable bonds is 8. The van der Waals surface area contributed by atoms with E-state index in [4.69, 9.17) is 16.3 Å². The fraction of sp³-hybridized carbons (Fsp3) is 0.480. The Bertz CT molecular complexity index is 1200. The molecular formula is C25H28ClFN2O4S. The van der Waals surface area contributed by atoms with Crippen LogP contribution in [-0.2, 0) is 16.6 Å². The van der Waals surface area contributed by atoms with E-state index in [1.807, 2.05) is 29.0 Å². The van der Waals surface area contributed by atoms with Crippen LogP contribution in [0.25, 0.3) is 0 Å². The van der Waals surface area contributed by atoms with Crippen LogP contribution in [0.4, 0.5) is 4.39 Å². The smallest absolute Gasteiger partial charge is 0.267 e. The molecule has 3 aliphatic rings. The average Bonchev–Trinajstić information content (AvgIpc) is 3.67. The van der Waals surface area contributed by atoms with E-state index < -0.39 is 27.0 Å². The highest BCUT2D eigenvalue weighted by atomic mass is 35.5. The molecule has 1 heterocycles. The molecule has 0 bridgehead atoms. The minimum atomic E-state index is -3.75. The average molecular weight is 507 g/mol. The second-order valence-corrected chi connectivity index (χ2v) is 12.0. The number of hydrogen-bond donors (Lipinski definition) is 1. The first-order valence-electron chi connectivity index (χ1n) is 11.8. The van der Waals surface area contributed by atoms with E-state index in [9.17, 15) is 17.6 Å². The van der Waals surface area contributed by atoms with Crippen LogP contribution in [0.5, 0.6) is 5.75 Å². The number of likely N-dealkylation sites (tertiary alicyclic amines) is 1. The van der Waals surface area contributed by atoms with Crippen molar-refractivity contribution in [2.75, 3.05) is 13.1 Å². The van der Waals surface area contributed by atoms with E-state index in [-0.39, 0.29) is 17.6 Å². The molecule has 1 atom stereocenters. The third kappa shape index (κ3) is 5.56. The number of nitrogens with zero attached hydrogens (tertiary/aromatic N) is 1. The minimum Gasteiger partial charge on any atom is -0.489 e. The van der Waals surface area contributed by atoms with E-state index in [2.05, 4.69) is 4.90 Å². The number of carbonyl (C=O) groups is 1. The Balaban J connectivity index is 1.30. The first-order valence-corrected chi connectivity index (χ1v) is 13.7. The maximum atomic E-state index is 15.0. The largest absolute Gasteiger partial charge is 0.489 e. The summed E-state index contributed by atoms with van der Waals surface area (Å²) in [7, 11) is -3.75. The molecule has 2 saturated carbocycles. The predicted molar refractivity (Wildman–Crippen MR) is 128 cm³/mol. The van der Waals surface area contributed by atoms with Gasteiger partial charge in [0, 0.05) is 24.2 Å². The number of halogens is 2. The van der Waals surface area contributed by atoms with Gasteiger partial charge in [-0.3, -0.25) is 9.69 Å². The molecule has 0 aromatic heterocycles. The molecule has 1 N–H and O–H groups in total. The summed E-state index contributed by atoms with van der Waals surface area (Å²) in [6, 6.07) is 10.5. The molecule has 9 heteroatoms. The van der Waals surface area contributed by atoms with Gasteiger partial charge in [0.25, 0.3) is 5.91 Å². The summed E-state index contributed by atoms with van der Waals surface area (Å²) in [5.74, 6) is -1.03. The predicted octanol–water partition coefficient (Wildman–Crippen LogP) is 4.62. The minimum absolute atomic E-state index is 0.0974. The monoisotopic (exact) mass is 506 g/mol. The van der Waals surface area contributed by atoms with Crippen LogP contribution >= 0.6 is 11.6 Å². The number of nitrogens with one attached hydrogen (secondary N) is 1. The molecule has 3 fully saturated rings. The molecule has 5 rings (SSSR count). The van der Waals surface area contributed by atoms with E-state index in [0.29, 0.717) is 30.2 Å². The van der Waals surface area contributed by atoms with Crippen molar-refractivity contribution < 1.29 is 22.3 Å². The quantitative estimate of drug-likeness (QED) is 0.565. The van der Waals surface area contributed by atoms with Crippen LogP contribution in [0.3, 0.4) is 0 Å². The van der Waals surface area contributed by atoms with Gasteiger partial charge in [-0.2, -0.15) is 0 Å². The van der Waals surface area contributed by atoms with Crippen LogP contribution in [0.1, 0.15) is 65.9 Å². The Morgan fingerprint density at radius 1 is 1.15 bits per heavy atom. The number of sulfonamides is 1. The van der Waals surface area contributed by atoms with Crippen molar-refractivity contribution in [3.63, 3.8) is 0 Å². The topological polar surface area (TPSA) is 75.7 Å². The normalized spacial score (nSPS) is 21.3. The zero-order valence-electron chi connectivity index (χ0n) is 18.8. The first kappa shape index (κ1) is 23.6. The fourth-order valence-corrected chi connectivity index (χ4v) is 6.04. The van der Waals surface area contributed by atoms with E-state index in [1.165, 1.54) is 12.1 Å². The second kappa shape index (κ2) is 9.47. The third-order valence-corrected chi connectivity index (χ3v) is 8.66. The number of carbonyl (C=O) groups excluding carboxylic acids is 1. The Morgan fingerprint density at radius 2 is 1.94 bits per heavy atom. The third-order valence-electron chi connectivity index (χ3n) is 6.61. The SMILES string of the molecule is O=C(NS(=O)(=O)C1CC1)c1cc(C2CC2)c(OC2CCCN(Cc3cccc(Cl)c3)C2)cc1F. The van der Waals surface area contributed by atoms with Crippen LogP contribution in [0.15, 0.2) is 36.4 Å². The number of ether oxygens (including phenoxy) is 1. The molecule has 2 aliphatic carbocycles. The van der Waals surface area contributed by atoms with Crippen molar-refractivity contribution in [1.82, 2.24) is 9.62 Å². The van der Waals surface area contributed by atoms with Gasteiger partial charge >= 0.3 is 0 Å². The summed E-state index contributed by atoms with van der Waals surface area (Å²) in [5.41, 5.74) is 1.67. The van der Waals surface area contributed by atoms with E-state index in [1.54, 1.807) is 0 Å². The maximum absolute atomic E-state index is 15.0. The molecule has 2 aromatic carbocycles. The van der Waals surface area contributed by atoms with Gasteiger partial charge in [0.05, 0.1) is 10.8 Å². The molecule has 0 spiro atoms. The van der Waals surface area contributed by atoms with E-state index >= 15 is 0 Å². The van der Waals surface area contributed by atoms with E-state index in [0.717, 1.165) is 49.9 Å². The standard InChI is InChI=1S/C25H28ClFN2O4S/c26-18-4-1-3-16(11-18)14-29-10-2-5-19(15-29)33-24-13-23(27)22(12-21(24)17-6-7-17)25(30)28-34(31,32)20-8-9-20/h1,3-4,11-13,17,19-20H,2,5-10,14-15H2,(H,28,30). The van der Waals surface area contributed by atoms with Gasteiger partial charge < -0.3 is 4.74 Å². The van der Waals surface area contributed by atoms with Gasteiger partial charge in [-0.1, -0.05) is 23.7 Å².